The average Bonchev–Trinajstić information content (AvgIpc) is 3.12. The van der Waals surface area contributed by atoms with Crippen LogP contribution in [0.2, 0.25) is 0 Å². The zero-order valence-electron chi connectivity index (χ0n) is 15.7. The lowest BCUT2D eigenvalue weighted by Crippen LogP contribution is -2.37. The summed E-state index contributed by atoms with van der Waals surface area (Å²) in [6, 6.07) is 15.3. The van der Waals surface area contributed by atoms with E-state index in [1.54, 1.807) is 21.9 Å². The Kier molecular flexibility index (Phi) is 5.33. The molecule has 0 N–H and O–H groups in total. The Bertz CT molecular complexity index is 1020. The summed E-state index contributed by atoms with van der Waals surface area (Å²) in [5, 5.41) is 8.45. The average molecular weight is 393 g/mol. The summed E-state index contributed by atoms with van der Waals surface area (Å²) in [6.07, 6.45) is 2.06. The second-order valence-electron chi connectivity index (χ2n) is 6.77. The maximum absolute atomic E-state index is 13.9. The molecule has 2 heterocycles. The molecule has 3 aromatic rings. The van der Waals surface area contributed by atoms with Gasteiger partial charge in [0.2, 0.25) is 0 Å². The van der Waals surface area contributed by atoms with E-state index >= 15 is 0 Å². The molecule has 1 aliphatic rings. The van der Waals surface area contributed by atoms with E-state index in [4.69, 9.17) is 0 Å². The van der Waals surface area contributed by atoms with Crippen LogP contribution in [-0.2, 0) is 0 Å². The predicted molar refractivity (Wildman–Crippen MR) is 104 cm³/mol. The minimum Gasteiger partial charge on any atom is -0.337 e. The van der Waals surface area contributed by atoms with Crippen LogP contribution < -0.4 is 0 Å². The maximum atomic E-state index is 13.9. The van der Waals surface area contributed by atoms with Gasteiger partial charge >= 0.3 is 0 Å². The van der Waals surface area contributed by atoms with Crippen molar-refractivity contribution in [3.63, 3.8) is 0 Å². The van der Waals surface area contributed by atoms with E-state index in [0.29, 0.717) is 32.6 Å². The summed E-state index contributed by atoms with van der Waals surface area (Å²) < 4.78 is 13.9. The molecular weight excluding hydrogens is 373 g/mol. The third kappa shape index (κ3) is 4.01. The summed E-state index contributed by atoms with van der Waals surface area (Å²) in [4.78, 5) is 30.1. The molecule has 2 amide bonds. The van der Waals surface area contributed by atoms with Crippen molar-refractivity contribution >= 4 is 11.8 Å². The second kappa shape index (κ2) is 8.22. The summed E-state index contributed by atoms with van der Waals surface area (Å²) in [5.74, 6) is -1.12. The Morgan fingerprint density at radius 1 is 0.828 bits per heavy atom. The van der Waals surface area contributed by atoms with Gasteiger partial charge in [-0.25, -0.2) is 4.39 Å². The lowest BCUT2D eigenvalue weighted by atomic mass is 10.2. The number of aromatic nitrogens is 3. The number of hydrogen-bond acceptors (Lipinski definition) is 4. The standard InChI is InChI=1S/C21H20FN5O2/c22-18-10-5-4-9-17(18)20(28)25-11-6-12-26(14-13-25)21(29)19-15-23-27(24-19)16-7-2-1-3-8-16/h1-5,7-10,15H,6,11-14H2. The molecule has 8 heteroatoms. The molecule has 7 nitrogen and oxygen atoms in total. The largest absolute Gasteiger partial charge is 0.337 e. The van der Waals surface area contributed by atoms with E-state index in [-0.39, 0.29) is 23.1 Å². The highest BCUT2D eigenvalue weighted by molar-refractivity contribution is 5.95. The van der Waals surface area contributed by atoms with Crippen molar-refractivity contribution in [2.75, 3.05) is 26.2 Å². The fourth-order valence-corrected chi connectivity index (χ4v) is 3.34. The van der Waals surface area contributed by atoms with Crippen LogP contribution in [-0.4, -0.2) is 62.8 Å². The van der Waals surface area contributed by atoms with Gasteiger partial charge < -0.3 is 9.80 Å². The number of hydrogen-bond donors (Lipinski definition) is 0. The molecule has 1 saturated heterocycles. The van der Waals surface area contributed by atoms with Crippen molar-refractivity contribution < 1.29 is 14.0 Å². The normalized spacial score (nSPS) is 14.5. The Balaban J connectivity index is 1.43. The van der Waals surface area contributed by atoms with E-state index in [9.17, 15) is 14.0 Å². The van der Waals surface area contributed by atoms with Gasteiger partial charge in [-0.1, -0.05) is 30.3 Å². The number of rotatable bonds is 3. The molecule has 0 unspecified atom stereocenters. The van der Waals surface area contributed by atoms with Crippen molar-refractivity contribution in [2.24, 2.45) is 0 Å². The van der Waals surface area contributed by atoms with Gasteiger partial charge in [-0.05, 0) is 30.7 Å². The number of amides is 2. The SMILES string of the molecule is O=C(c1cnn(-c2ccccc2)n1)N1CCCN(C(=O)c2ccccc2F)CC1. The highest BCUT2D eigenvalue weighted by Gasteiger charge is 2.26. The highest BCUT2D eigenvalue weighted by atomic mass is 19.1. The van der Waals surface area contributed by atoms with E-state index in [1.165, 1.54) is 23.1 Å². The van der Waals surface area contributed by atoms with Crippen LogP contribution in [0, 0.1) is 5.82 Å². The van der Waals surface area contributed by atoms with Crippen molar-refractivity contribution in [2.45, 2.75) is 6.42 Å². The van der Waals surface area contributed by atoms with E-state index in [2.05, 4.69) is 10.2 Å². The Morgan fingerprint density at radius 3 is 2.21 bits per heavy atom. The summed E-state index contributed by atoms with van der Waals surface area (Å²) in [7, 11) is 0. The molecule has 1 aliphatic heterocycles. The third-order valence-corrected chi connectivity index (χ3v) is 4.87. The maximum Gasteiger partial charge on any atom is 0.276 e. The quantitative estimate of drug-likeness (QED) is 0.685. The van der Waals surface area contributed by atoms with Crippen LogP contribution in [0.1, 0.15) is 27.3 Å². The van der Waals surface area contributed by atoms with Gasteiger partial charge in [0.25, 0.3) is 11.8 Å². The Hall–Kier alpha value is -3.55. The molecule has 0 spiro atoms. The topological polar surface area (TPSA) is 71.3 Å². The molecule has 4 rings (SSSR count). The van der Waals surface area contributed by atoms with E-state index < -0.39 is 5.82 Å². The molecule has 0 atom stereocenters. The van der Waals surface area contributed by atoms with Gasteiger partial charge in [-0.15, -0.1) is 5.10 Å². The highest BCUT2D eigenvalue weighted by Crippen LogP contribution is 2.14. The summed E-state index contributed by atoms with van der Waals surface area (Å²) in [6.45, 7) is 1.66. The van der Waals surface area contributed by atoms with Crippen LogP contribution in [0.25, 0.3) is 5.69 Å². The minimum atomic E-state index is -0.535. The molecule has 0 radical (unpaired) electrons. The molecular formula is C21H20FN5O2. The molecule has 1 aromatic heterocycles. The lowest BCUT2D eigenvalue weighted by molar-refractivity contribution is 0.0713. The zero-order valence-corrected chi connectivity index (χ0v) is 15.7. The fourth-order valence-electron chi connectivity index (χ4n) is 3.34. The molecule has 29 heavy (non-hydrogen) atoms. The van der Waals surface area contributed by atoms with Gasteiger partial charge in [0.05, 0.1) is 17.4 Å². The van der Waals surface area contributed by atoms with E-state index in [1.807, 2.05) is 30.3 Å². The molecule has 0 aliphatic carbocycles. The Labute approximate surface area is 167 Å². The number of benzene rings is 2. The fraction of sp³-hybridized carbons (Fsp3) is 0.238. The van der Waals surface area contributed by atoms with Crippen LogP contribution in [0.5, 0.6) is 0 Å². The third-order valence-electron chi connectivity index (χ3n) is 4.87. The van der Waals surface area contributed by atoms with Crippen molar-refractivity contribution in [3.8, 4) is 5.69 Å². The number of para-hydroxylation sites is 1. The second-order valence-corrected chi connectivity index (χ2v) is 6.77. The van der Waals surface area contributed by atoms with Crippen LogP contribution in [0.15, 0.2) is 60.8 Å². The lowest BCUT2D eigenvalue weighted by Gasteiger charge is -2.22. The summed E-state index contributed by atoms with van der Waals surface area (Å²) in [5.41, 5.74) is 1.07. The van der Waals surface area contributed by atoms with Crippen molar-refractivity contribution in [1.82, 2.24) is 24.8 Å². The van der Waals surface area contributed by atoms with Crippen molar-refractivity contribution in [3.05, 3.63) is 77.9 Å². The van der Waals surface area contributed by atoms with Crippen molar-refractivity contribution in [1.29, 1.82) is 0 Å². The van der Waals surface area contributed by atoms with Gasteiger partial charge in [-0.2, -0.15) is 9.90 Å². The number of carbonyl (C=O) groups excluding carboxylic acids is 2. The van der Waals surface area contributed by atoms with Gasteiger partial charge in [-0.3, -0.25) is 9.59 Å². The first-order valence-electron chi connectivity index (χ1n) is 9.44. The van der Waals surface area contributed by atoms with Crippen LogP contribution in [0.4, 0.5) is 4.39 Å². The van der Waals surface area contributed by atoms with Crippen LogP contribution in [0.3, 0.4) is 0 Å². The number of halogens is 1. The first-order chi connectivity index (χ1) is 14.1. The number of carbonyl (C=O) groups is 2. The van der Waals surface area contributed by atoms with Crippen LogP contribution >= 0.6 is 0 Å². The molecule has 148 valence electrons. The molecule has 2 aromatic carbocycles. The monoisotopic (exact) mass is 393 g/mol. The Morgan fingerprint density at radius 2 is 1.48 bits per heavy atom. The molecule has 0 saturated carbocycles. The van der Waals surface area contributed by atoms with E-state index in [0.717, 1.165) is 5.69 Å². The predicted octanol–water partition coefficient (Wildman–Crippen LogP) is 2.39. The number of nitrogens with zero attached hydrogens (tertiary/aromatic N) is 5. The zero-order chi connectivity index (χ0) is 20.2. The van der Waals surface area contributed by atoms with Gasteiger partial charge in [0, 0.05) is 26.2 Å². The molecule has 0 bridgehead atoms. The first kappa shape index (κ1) is 18.8. The van der Waals surface area contributed by atoms with Gasteiger partial charge in [0.15, 0.2) is 5.69 Å². The first-order valence-corrected chi connectivity index (χ1v) is 9.44. The minimum absolute atomic E-state index is 0.0538. The molecule has 1 fully saturated rings. The smallest absolute Gasteiger partial charge is 0.276 e. The summed E-state index contributed by atoms with van der Waals surface area (Å²) >= 11 is 0. The van der Waals surface area contributed by atoms with Gasteiger partial charge in [0.1, 0.15) is 5.82 Å².